The number of methoxy groups -OCH3 is 3. The summed E-state index contributed by atoms with van der Waals surface area (Å²) in [5.74, 6) is 2.23. The third-order valence-corrected chi connectivity index (χ3v) is 4.44. The molecule has 0 aliphatic heterocycles. The van der Waals surface area contributed by atoms with Crippen LogP contribution in [0.5, 0.6) is 17.2 Å². The molecule has 0 unspecified atom stereocenters. The van der Waals surface area contributed by atoms with Gasteiger partial charge in [0.25, 0.3) is 0 Å². The molecule has 0 saturated heterocycles. The Kier molecular flexibility index (Phi) is 7.18. The zero-order chi connectivity index (χ0) is 17.6. The smallest absolute Gasteiger partial charge is 0.164 e. The van der Waals surface area contributed by atoms with Gasteiger partial charge in [0, 0.05) is 29.6 Å². The highest BCUT2D eigenvalue weighted by Gasteiger charge is 2.13. The number of para-hydroxylation sites is 1. The summed E-state index contributed by atoms with van der Waals surface area (Å²) in [7, 11) is 4.95. The van der Waals surface area contributed by atoms with Crippen molar-refractivity contribution in [3.05, 3.63) is 53.7 Å². The van der Waals surface area contributed by atoms with Crippen LogP contribution in [0.25, 0.3) is 10.9 Å². The van der Waals surface area contributed by atoms with E-state index in [4.69, 9.17) is 14.2 Å². The molecule has 0 fully saturated rings. The fourth-order valence-corrected chi connectivity index (χ4v) is 3.11. The van der Waals surface area contributed by atoms with E-state index < -0.39 is 0 Å². The van der Waals surface area contributed by atoms with Gasteiger partial charge in [-0.15, -0.1) is 0 Å². The van der Waals surface area contributed by atoms with Gasteiger partial charge >= 0.3 is 0 Å². The van der Waals surface area contributed by atoms with Crippen LogP contribution in [-0.2, 0) is 13.0 Å². The Bertz CT molecular complexity index is 848. The van der Waals surface area contributed by atoms with Gasteiger partial charge in [-0.2, -0.15) is 0 Å². The molecule has 0 bridgehead atoms. The molecule has 0 amide bonds. The summed E-state index contributed by atoms with van der Waals surface area (Å²) in [5.41, 5.74) is 3.64. The van der Waals surface area contributed by atoms with Gasteiger partial charge in [-0.25, -0.2) is 0 Å². The van der Waals surface area contributed by atoms with Gasteiger partial charge in [0.05, 0.1) is 33.4 Å². The van der Waals surface area contributed by atoms with Crippen molar-refractivity contribution < 1.29 is 31.9 Å². The average Bonchev–Trinajstić information content (AvgIpc) is 3.07. The highest BCUT2D eigenvalue weighted by Crippen LogP contribution is 2.34. The van der Waals surface area contributed by atoms with Crippen LogP contribution in [0.2, 0.25) is 0 Å². The van der Waals surface area contributed by atoms with E-state index in [1.807, 2.05) is 12.1 Å². The molecule has 3 aromatic rings. The number of ether oxygens (including phenoxy) is 3. The third kappa shape index (κ3) is 4.23. The molecule has 2 aromatic carbocycles. The lowest BCUT2D eigenvalue weighted by Gasteiger charge is -2.13. The van der Waals surface area contributed by atoms with E-state index in [1.165, 1.54) is 16.5 Å². The summed E-state index contributed by atoms with van der Waals surface area (Å²) in [6, 6.07) is 12.3. The Morgan fingerprint density at radius 2 is 1.58 bits per heavy atom. The van der Waals surface area contributed by atoms with Crippen LogP contribution in [0.1, 0.15) is 11.1 Å². The lowest BCUT2D eigenvalue weighted by Crippen LogP contribution is -3.00. The van der Waals surface area contributed by atoms with E-state index >= 15 is 0 Å². The molecule has 0 radical (unpaired) electrons. The topological polar surface area (TPSA) is 60.1 Å². The van der Waals surface area contributed by atoms with E-state index in [2.05, 4.69) is 40.8 Å². The van der Waals surface area contributed by atoms with Crippen LogP contribution in [0.15, 0.2) is 42.6 Å². The van der Waals surface area contributed by atoms with Crippen LogP contribution in [0.3, 0.4) is 0 Å². The van der Waals surface area contributed by atoms with Crippen molar-refractivity contribution in [2.45, 2.75) is 13.0 Å². The molecule has 0 atom stereocenters. The van der Waals surface area contributed by atoms with Gasteiger partial charge < -0.3 is 36.9 Å². The summed E-state index contributed by atoms with van der Waals surface area (Å²) in [4.78, 5) is 3.33. The minimum absolute atomic E-state index is 0. The Hall–Kier alpha value is -2.37. The number of aromatic nitrogens is 1. The molecule has 1 aromatic heterocycles. The zero-order valence-corrected chi connectivity index (χ0v) is 16.1. The number of benzene rings is 2. The molecule has 26 heavy (non-hydrogen) atoms. The Morgan fingerprint density at radius 1 is 0.885 bits per heavy atom. The second kappa shape index (κ2) is 9.36. The van der Waals surface area contributed by atoms with Crippen molar-refractivity contribution in [1.29, 1.82) is 0 Å². The highest BCUT2D eigenvalue weighted by molar-refractivity contribution is 5.83. The molecule has 0 aliphatic carbocycles. The molecular formula is C20H25ClN2O3. The first-order valence-electron chi connectivity index (χ1n) is 8.42. The van der Waals surface area contributed by atoms with Crippen molar-refractivity contribution in [1.82, 2.24) is 4.98 Å². The van der Waals surface area contributed by atoms with Gasteiger partial charge in [0.15, 0.2) is 11.5 Å². The predicted octanol–water partition coefficient (Wildman–Crippen LogP) is -0.496. The Morgan fingerprint density at radius 3 is 2.31 bits per heavy atom. The van der Waals surface area contributed by atoms with E-state index in [9.17, 15) is 0 Å². The van der Waals surface area contributed by atoms with E-state index in [1.54, 1.807) is 21.3 Å². The standard InChI is InChI=1S/C20H24N2O3.ClH/c1-23-18-11-20(25-3)19(24-2)10-15(18)12-21-9-8-14-13-22-17-7-5-4-6-16(14)17;/h4-7,10-11,13,21-22H,8-9,12H2,1-3H3;1H. The SMILES string of the molecule is COc1cc(OC)c(OC)cc1C[NH2+]CCc1c[nH]c2ccccc12.[Cl-]. The molecule has 140 valence electrons. The molecule has 5 nitrogen and oxygen atoms in total. The molecule has 0 spiro atoms. The zero-order valence-electron chi connectivity index (χ0n) is 15.3. The maximum absolute atomic E-state index is 5.49. The van der Waals surface area contributed by atoms with Crippen molar-refractivity contribution >= 4 is 10.9 Å². The first-order valence-corrected chi connectivity index (χ1v) is 8.42. The average molecular weight is 377 g/mol. The lowest BCUT2D eigenvalue weighted by molar-refractivity contribution is -0.670. The van der Waals surface area contributed by atoms with E-state index in [-0.39, 0.29) is 12.4 Å². The second-order valence-corrected chi connectivity index (χ2v) is 5.91. The number of nitrogens with two attached hydrogens (primary N) is 1. The highest BCUT2D eigenvalue weighted by atomic mass is 35.5. The van der Waals surface area contributed by atoms with Gasteiger partial charge in [0.2, 0.25) is 0 Å². The molecule has 0 aliphatic rings. The van der Waals surface area contributed by atoms with Gasteiger partial charge in [-0.3, -0.25) is 0 Å². The number of H-pyrrole nitrogens is 1. The molecule has 6 heteroatoms. The number of aromatic amines is 1. The largest absolute Gasteiger partial charge is 1.00 e. The molecule has 0 saturated carbocycles. The Balaban J connectivity index is 0.00000243. The summed E-state index contributed by atoms with van der Waals surface area (Å²) in [6.07, 6.45) is 3.12. The first kappa shape index (κ1) is 19.9. The normalized spacial score (nSPS) is 10.4. The van der Waals surface area contributed by atoms with E-state index in [0.717, 1.165) is 36.6 Å². The minimum Gasteiger partial charge on any atom is -1.00 e. The fraction of sp³-hybridized carbons (Fsp3) is 0.300. The van der Waals surface area contributed by atoms with Crippen molar-refractivity contribution in [2.24, 2.45) is 0 Å². The summed E-state index contributed by atoms with van der Waals surface area (Å²) >= 11 is 0. The number of nitrogens with one attached hydrogen (secondary N) is 1. The van der Waals surface area contributed by atoms with Gasteiger partial charge in [-0.1, -0.05) is 18.2 Å². The van der Waals surface area contributed by atoms with Crippen LogP contribution >= 0.6 is 0 Å². The number of quaternary nitrogens is 1. The van der Waals surface area contributed by atoms with Crippen LogP contribution in [-0.4, -0.2) is 32.9 Å². The molecule has 3 N–H and O–H groups in total. The van der Waals surface area contributed by atoms with Crippen LogP contribution in [0, 0.1) is 0 Å². The second-order valence-electron chi connectivity index (χ2n) is 5.91. The van der Waals surface area contributed by atoms with Crippen molar-refractivity contribution in [3.63, 3.8) is 0 Å². The fourth-order valence-electron chi connectivity index (χ4n) is 3.11. The van der Waals surface area contributed by atoms with Crippen molar-refractivity contribution in [3.8, 4) is 17.2 Å². The third-order valence-electron chi connectivity index (χ3n) is 4.44. The number of hydrogen-bond acceptors (Lipinski definition) is 3. The first-order chi connectivity index (χ1) is 12.3. The quantitative estimate of drug-likeness (QED) is 0.521. The summed E-state index contributed by atoms with van der Waals surface area (Å²) < 4.78 is 16.2. The Labute approximate surface area is 160 Å². The van der Waals surface area contributed by atoms with Crippen molar-refractivity contribution in [2.75, 3.05) is 27.9 Å². The van der Waals surface area contributed by atoms with Crippen LogP contribution < -0.4 is 31.9 Å². The maximum atomic E-state index is 5.49. The summed E-state index contributed by atoms with van der Waals surface area (Å²) in [6.45, 7) is 1.82. The summed E-state index contributed by atoms with van der Waals surface area (Å²) in [5, 5.41) is 3.59. The number of hydrogen-bond donors (Lipinski definition) is 2. The van der Waals surface area contributed by atoms with Gasteiger partial charge in [0.1, 0.15) is 12.3 Å². The molecule has 3 rings (SSSR count). The number of halogens is 1. The maximum Gasteiger partial charge on any atom is 0.164 e. The van der Waals surface area contributed by atoms with E-state index in [0.29, 0.717) is 5.75 Å². The lowest BCUT2D eigenvalue weighted by atomic mass is 10.1. The number of rotatable bonds is 8. The minimum atomic E-state index is 0. The molecular weight excluding hydrogens is 352 g/mol. The van der Waals surface area contributed by atoms with Gasteiger partial charge in [-0.05, 0) is 17.7 Å². The monoisotopic (exact) mass is 376 g/mol. The number of fused-ring (bicyclic) bond motifs is 1. The molecule has 1 heterocycles. The van der Waals surface area contributed by atoms with Crippen LogP contribution in [0.4, 0.5) is 0 Å². The predicted molar refractivity (Wildman–Crippen MR) is 98.6 cm³/mol.